The molecule has 0 aromatic heterocycles. The van der Waals surface area contributed by atoms with Crippen LogP contribution in [0.3, 0.4) is 0 Å². The molecule has 8 aromatic rings. The van der Waals surface area contributed by atoms with Gasteiger partial charge < -0.3 is 35.9 Å². The maximum atomic E-state index is 11.2. The first kappa shape index (κ1) is 52.2. The van der Waals surface area contributed by atoms with E-state index in [1.54, 1.807) is 42.3 Å². The Morgan fingerprint density at radius 3 is 1.16 bits per heavy atom. The van der Waals surface area contributed by atoms with Gasteiger partial charge in [0.05, 0.1) is 51.9 Å². The normalized spacial score (nSPS) is 11.4. The molecule has 0 saturated carbocycles. The van der Waals surface area contributed by atoms with E-state index < -0.39 is 6.10 Å². The van der Waals surface area contributed by atoms with Crippen LogP contribution in [0.2, 0.25) is 0 Å². The standard InChI is InChI=1S/C14H13NO.C13H13ClO.C13H14O2.C13H12O2.CN.Na/c1-10(9-15)11-3-4-13-8-14(16-2)6-5-12(13)7-11;3*1-9(14)10-3-4-12-8-13(15-2)6-5-11(12)7-10;1-2;/h3-8,10H,1-2H3;3-9H,1-2H3;3-9,14H,1-2H3;3-8H,1-2H3;;/q;;;;-1;+1. The number of ketones is 1. The number of ether oxygens (including phenoxy) is 4. The summed E-state index contributed by atoms with van der Waals surface area (Å²) in [6.45, 7) is 12.0. The number of hydrogen-bond donors (Lipinski definition) is 1. The number of nitrogens with zero attached hydrogens (tertiary/aromatic N) is 2. The predicted molar refractivity (Wildman–Crippen MR) is 256 cm³/mol. The van der Waals surface area contributed by atoms with Crippen LogP contribution in [-0.4, -0.2) is 39.3 Å². The molecular formula is C54H52ClN2NaO6. The Bertz CT molecular complexity index is 2760. The number of carbonyl (C=O) groups is 1. The van der Waals surface area contributed by atoms with Gasteiger partial charge in [0.25, 0.3) is 0 Å². The first-order chi connectivity index (χ1) is 30.3. The molecule has 0 saturated heterocycles. The fourth-order valence-corrected chi connectivity index (χ4v) is 6.66. The number of benzene rings is 8. The van der Waals surface area contributed by atoms with Crippen molar-refractivity contribution in [2.45, 2.75) is 45.1 Å². The van der Waals surface area contributed by atoms with Crippen LogP contribution in [-0.2, 0) is 0 Å². The van der Waals surface area contributed by atoms with Crippen LogP contribution in [0.4, 0.5) is 0 Å². The summed E-state index contributed by atoms with van der Waals surface area (Å²) in [5.41, 5.74) is 3.88. The zero-order valence-corrected chi connectivity index (χ0v) is 40.6. The van der Waals surface area contributed by atoms with Crippen LogP contribution in [0, 0.1) is 23.2 Å². The fourth-order valence-electron chi connectivity index (χ4n) is 6.53. The molecule has 3 atom stereocenters. The minimum atomic E-state index is -0.420. The molecule has 0 aliphatic carbocycles. The zero-order chi connectivity index (χ0) is 46.1. The Balaban J connectivity index is 0.000000223. The molecule has 8 nitrogen and oxygen atoms in total. The molecule has 0 spiro atoms. The Morgan fingerprint density at radius 1 is 0.516 bits per heavy atom. The van der Waals surface area contributed by atoms with Crippen LogP contribution in [0.25, 0.3) is 43.1 Å². The Morgan fingerprint density at radius 2 is 0.812 bits per heavy atom. The number of alkyl halides is 1. The van der Waals surface area contributed by atoms with E-state index in [-0.39, 0.29) is 46.6 Å². The van der Waals surface area contributed by atoms with Crippen molar-refractivity contribution in [3.05, 3.63) is 174 Å². The van der Waals surface area contributed by atoms with Crippen molar-refractivity contribution in [2.24, 2.45) is 0 Å². The zero-order valence-electron chi connectivity index (χ0n) is 37.8. The molecular weight excluding hydrogens is 831 g/mol. The topological polar surface area (TPSA) is 122 Å². The average molecular weight is 883 g/mol. The first-order valence-electron chi connectivity index (χ1n) is 20.1. The molecule has 0 aliphatic rings. The van der Waals surface area contributed by atoms with E-state index in [0.717, 1.165) is 77.6 Å². The molecule has 0 radical (unpaired) electrons. The summed E-state index contributed by atoms with van der Waals surface area (Å²) < 4.78 is 20.6. The summed E-state index contributed by atoms with van der Waals surface area (Å²) in [6.07, 6.45) is -0.420. The number of rotatable bonds is 8. The van der Waals surface area contributed by atoms with Crippen LogP contribution in [0.1, 0.15) is 72.1 Å². The van der Waals surface area contributed by atoms with Gasteiger partial charge in [0.1, 0.15) is 23.0 Å². The summed E-state index contributed by atoms with van der Waals surface area (Å²) in [4.78, 5) is 11.2. The van der Waals surface area contributed by atoms with Gasteiger partial charge in [-0.2, -0.15) is 5.26 Å². The number of nitriles is 1. The van der Waals surface area contributed by atoms with Gasteiger partial charge in [-0.25, -0.2) is 0 Å². The van der Waals surface area contributed by atoms with E-state index in [9.17, 15) is 9.90 Å². The minimum absolute atomic E-state index is 0. The summed E-state index contributed by atoms with van der Waals surface area (Å²) in [6, 6.07) is 49.9. The molecule has 8 rings (SSSR count). The van der Waals surface area contributed by atoms with Gasteiger partial charge in [0.15, 0.2) is 5.78 Å². The van der Waals surface area contributed by atoms with E-state index >= 15 is 0 Å². The van der Waals surface area contributed by atoms with Crippen molar-refractivity contribution < 1.29 is 58.4 Å². The third-order valence-electron chi connectivity index (χ3n) is 10.3. The number of hydrogen-bond acceptors (Lipinski definition) is 8. The average Bonchev–Trinajstić information content (AvgIpc) is 3.33. The number of aliphatic hydroxyl groups excluding tert-OH is 1. The van der Waals surface area contributed by atoms with Gasteiger partial charge in [-0.1, -0.05) is 72.8 Å². The number of halogens is 1. The Kier molecular flexibility index (Phi) is 21.1. The van der Waals surface area contributed by atoms with E-state index in [2.05, 4.69) is 36.4 Å². The van der Waals surface area contributed by atoms with E-state index in [1.807, 2.05) is 129 Å². The monoisotopic (exact) mass is 882 g/mol. The van der Waals surface area contributed by atoms with Crippen LogP contribution in [0.5, 0.6) is 23.0 Å². The second-order valence-electron chi connectivity index (χ2n) is 14.5. The predicted octanol–water partition coefficient (Wildman–Crippen LogP) is 10.7. The molecule has 8 aromatic carbocycles. The van der Waals surface area contributed by atoms with Crippen molar-refractivity contribution in [3.8, 4) is 29.1 Å². The Labute approximate surface area is 403 Å². The molecule has 3 unspecified atom stereocenters. The molecule has 0 bridgehead atoms. The van der Waals surface area contributed by atoms with Crippen molar-refractivity contribution >= 4 is 60.5 Å². The Hall–Kier alpha value is -6.10. The molecule has 1 N–H and O–H groups in total. The second-order valence-corrected chi connectivity index (χ2v) is 15.2. The number of methoxy groups -OCH3 is 4. The number of carbonyl (C=O) groups excluding carboxylic acids is 1. The number of aliphatic hydroxyl groups is 1. The molecule has 10 heteroatoms. The SMILES string of the molecule is COc1ccc2cc(C(C)=O)ccc2c1.COc1ccc2cc(C(C)C#N)ccc2c1.COc1ccc2cc(C(C)Cl)ccc2c1.COc1ccc2cc(C(C)O)ccc2c1.[C-]#N.[Na+]. The maximum absolute atomic E-state index is 11.2. The molecule has 0 aliphatic heterocycles. The van der Waals surface area contributed by atoms with Gasteiger partial charge in [0, 0.05) is 5.56 Å². The summed E-state index contributed by atoms with van der Waals surface area (Å²) >= 11 is 6.04. The summed E-state index contributed by atoms with van der Waals surface area (Å²) in [7, 11) is 6.64. The van der Waals surface area contributed by atoms with Gasteiger partial charge in [-0.15, -0.1) is 11.6 Å². The largest absolute Gasteiger partial charge is 1.00 e. The van der Waals surface area contributed by atoms with Gasteiger partial charge >= 0.3 is 29.6 Å². The first-order valence-corrected chi connectivity index (χ1v) is 20.6. The summed E-state index contributed by atoms with van der Waals surface area (Å²) in [5, 5.41) is 33.7. The van der Waals surface area contributed by atoms with Crippen LogP contribution in [0.15, 0.2) is 146 Å². The van der Waals surface area contributed by atoms with Crippen molar-refractivity contribution in [1.82, 2.24) is 0 Å². The van der Waals surface area contributed by atoms with Crippen LogP contribution >= 0.6 is 11.6 Å². The second kappa shape index (κ2) is 25.9. The molecule has 64 heavy (non-hydrogen) atoms. The quantitative estimate of drug-likeness (QED) is 0.0693. The minimum Gasteiger partial charge on any atom is -0.512 e. The summed E-state index contributed by atoms with van der Waals surface area (Å²) in [5.74, 6) is 3.45. The number of fused-ring (bicyclic) bond motifs is 4. The van der Waals surface area contributed by atoms with E-state index in [4.69, 9.17) is 47.6 Å². The van der Waals surface area contributed by atoms with Gasteiger partial charge in [-0.3, -0.25) is 4.79 Å². The maximum Gasteiger partial charge on any atom is 1.00 e. The van der Waals surface area contributed by atoms with Gasteiger partial charge in [-0.05, 0) is 160 Å². The van der Waals surface area contributed by atoms with Gasteiger partial charge in [0.2, 0.25) is 0 Å². The van der Waals surface area contributed by atoms with Crippen molar-refractivity contribution in [3.63, 3.8) is 0 Å². The van der Waals surface area contributed by atoms with Crippen molar-refractivity contribution in [1.29, 1.82) is 10.5 Å². The molecule has 322 valence electrons. The molecule has 0 fully saturated rings. The molecule has 0 heterocycles. The number of Topliss-reactive ketones (excluding diaryl/α,β-unsaturated/α-hetero) is 1. The van der Waals surface area contributed by atoms with E-state index in [0.29, 0.717) is 0 Å². The van der Waals surface area contributed by atoms with Crippen molar-refractivity contribution in [2.75, 3.05) is 28.4 Å². The van der Waals surface area contributed by atoms with E-state index in [1.165, 1.54) is 10.8 Å². The third-order valence-corrected chi connectivity index (χ3v) is 10.6. The smallest absolute Gasteiger partial charge is 0.512 e. The molecule has 0 amide bonds. The fraction of sp³-hybridized carbons (Fsp3) is 0.204. The third kappa shape index (κ3) is 14.5. The van der Waals surface area contributed by atoms with Crippen LogP contribution < -0.4 is 48.5 Å².